The summed E-state index contributed by atoms with van der Waals surface area (Å²) in [6, 6.07) is 6.41. The Morgan fingerprint density at radius 3 is 2.64 bits per heavy atom. The average molecular weight is 218 g/mol. The van der Waals surface area contributed by atoms with Gasteiger partial charge in [0, 0.05) is 0 Å². The van der Waals surface area contributed by atoms with Crippen molar-refractivity contribution in [3.8, 4) is 5.75 Å². The van der Waals surface area contributed by atoms with Gasteiger partial charge in [0.1, 0.15) is 5.75 Å². The van der Waals surface area contributed by atoms with Crippen molar-refractivity contribution in [3.05, 3.63) is 29.8 Å². The quantitative estimate of drug-likeness (QED) is 0.647. The van der Waals surface area contributed by atoms with Gasteiger partial charge in [-0.2, -0.15) is 0 Å². The highest BCUT2D eigenvalue weighted by atomic mass is 31.2. The van der Waals surface area contributed by atoms with E-state index in [1.807, 2.05) is 0 Å². The predicted octanol–water partition coefficient (Wildman–Crippen LogP) is 0.693. The van der Waals surface area contributed by atoms with Crippen LogP contribution in [0.15, 0.2) is 24.3 Å². The molecule has 0 aliphatic carbocycles. The molecular formula is C8H11O5P. The van der Waals surface area contributed by atoms with Crippen LogP contribution in [0.5, 0.6) is 5.75 Å². The first kappa shape index (κ1) is 11.2. The van der Waals surface area contributed by atoms with Gasteiger partial charge >= 0.3 is 7.60 Å². The van der Waals surface area contributed by atoms with Crippen molar-refractivity contribution < 1.29 is 24.2 Å². The lowest BCUT2D eigenvalue weighted by Gasteiger charge is -2.07. The van der Waals surface area contributed by atoms with Crippen LogP contribution in [0, 0.1) is 0 Å². The van der Waals surface area contributed by atoms with E-state index in [-0.39, 0.29) is 6.61 Å². The maximum Gasteiger partial charge on any atom is 0.362 e. The van der Waals surface area contributed by atoms with Crippen LogP contribution in [0.2, 0.25) is 0 Å². The van der Waals surface area contributed by atoms with Crippen LogP contribution in [0.25, 0.3) is 0 Å². The van der Waals surface area contributed by atoms with E-state index < -0.39 is 13.9 Å². The second-order valence-corrected chi connectivity index (χ2v) is 4.33. The summed E-state index contributed by atoms with van der Waals surface area (Å²) in [5, 5.41) is 8.78. The first-order valence-electron chi connectivity index (χ1n) is 3.88. The Labute approximate surface area is 81.1 Å². The molecule has 0 aromatic heterocycles. The minimum absolute atomic E-state index is 0.132. The van der Waals surface area contributed by atoms with Crippen LogP contribution in [-0.2, 0) is 11.2 Å². The molecule has 0 aliphatic heterocycles. The molecule has 0 atom stereocenters. The third-order valence-corrected chi connectivity index (χ3v) is 1.95. The molecule has 0 radical (unpaired) electrons. The third-order valence-electron chi connectivity index (χ3n) is 1.48. The maximum atomic E-state index is 10.5. The summed E-state index contributed by atoms with van der Waals surface area (Å²) in [6.07, 6.45) is -0.651. The van der Waals surface area contributed by atoms with Crippen molar-refractivity contribution in [2.24, 2.45) is 0 Å². The smallest absolute Gasteiger partial charge is 0.362 e. The van der Waals surface area contributed by atoms with E-state index in [0.717, 1.165) is 0 Å². The SMILES string of the molecule is O=P(O)(O)COc1cccc(CO)c1. The number of hydrogen-bond acceptors (Lipinski definition) is 3. The second-order valence-electron chi connectivity index (χ2n) is 2.74. The van der Waals surface area contributed by atoms with Crippen molar-refractivity contribution in [2.45, 2.75) is 6.61 Å². The molecule has 1 rings (SSSR count). The Balaban J connectivity index is 2.63. The molecule has 0 unspecified atom stereocenters. The standard InChI is InChI=1S/C8H11O5P/c9-5-7-2-1-3-8(4-7)13-6-14(10,11)12/h1-4,9H,5-6H2,(H2,10,11,12). The molecule has 0 amide bonds. The highest BCUT2D eigenvalue weighted by Crippen LogP contribution is 2.34. The summed E-state index contributed by atoms with van der Waals surface area (Å²) < 4.78 is 15.3. The van der Waals surface area contributed by atoms with Crippen molar-refractivity contribution in [1.82, 2.24) is 0 Å². The number of hydrogen-bond donors (Lipinski definition) is 3. The van der Waals surface area contributed by atoms with Crippen LogP contribution in [0.3, 0.4) is 0 Å². The first-order valence-corrected chi connectivity index (χ1v) is 5.68. The minimum Gasteiger partial charge on any atom is -0.481 e. The van der Waals surface area contributed by atoms with E-state index in [4.69, 9.17) is 19.6 Å². The molecule has 0 spiro atoms. The molecule has 0 saturated carbocycles. The van der Waals surface area contributed by atoms with E-state index in [1.165, 1.54) is 6.07 Å². The van der Waals surface area contributed by atoms with Gasteiger partial charge in [-0.15, -0.1) is 0 Å². The predicted molar refractivity (Wildman–Crippen MR) is 49.9 cm³/mol. The highest BCUT2D eigenvalue weighted by molar-refractivity contribution is 7.51. The summed E-state index contributed by atoms with van der Waals surface area (Å²) in [4.78, 5) is 17.1. The van der Waals surface area contributed by atoms with Gasteiger partial charge < -0.3 is 19.6 Å². The summed E-state index contributed by atoms with van der Waals surface area (Å²) in [7, 11) is -4.14. The normalized spacial score (nSPS) is 11.4. The molecule has 5 nitrogen and oxygen atoms in total. The molecule has 0 aliphatic rings. The molecule has 0 heterocycles. The van der Waals surface area contributed by atoms with E-state index in [0.29, 0.717) is 11.3 Å². The van der Waals surface area contributed by atoms with Gasteiger partial charge in [-0.25, -0.2) is 0 Å². The zero-order valence-corrected chi connectivity index (χ0v) is 8.22. The van der Waals surface area contributed by atoms with Gasteiger partial charge in [-0.05, 0) is 17.7 Å². The number of rotatable bonds is 4. The van der Waals surface area contributed by atoms with Crippen LogP contribution in [0.1, 0.15) is 5.56 Å². The molecule has 1 aromatic rings. The number of aliphatic hydroxyl groups excluding tert-OH is 1. The molecule has 3 N–H and O–H groups in total. The maximum absolute atomic E-state index is 10.5. The zero-order valence-electron chi connectivity index (χ0n) is 7.33. The van der Waals surface area contributed by atoms with Crippen LogP contribution < -0.4 is 4.74 Å². The summed E-state index contributed by atoms with van der Waals surface area (Å²) in [5.41, 5.74) is 0.633. The van der Waals surface area contributed by atoms with Gasteiger partial charge in [0.2, 0.25) is 0 Å². The Kier molecular flexibility index (Phi) is 3.66. The second kappa shape index (κ2) is 4.57. The topological polar surface area (TPSA) is 87.0 Å². The third kappa shape index (κ3) is 3.89. The van der Waals surface area contributed by atoms with Crippen LogP contribution >= 0.6 is 7.60 Å². The summed E-state index contributed by atoms with van der Waals surface area (Å²) in [5.74, 6) is 0.333. The molecule has 1 aromatic carbocycles. The Hall–Kier alpha value is -0.870. The summed E-state index contributed by atoms with van der Waals surface area (Å²) in [6.45, 7) is -0.132. The molecule has 0 bridgehead atoms. The molecular weight excluding hydrogens is 207 g/mol. The van der Waals surface area contributed by atoms with Crippen LogP contribution in [0.4, 0.5) is 0 Å². The minimum atomic E-state index is -4.14. The van der Waals surface area contributed by atoms with Gasteiger partial charge in [0.15, 0.2) is 6.35 Å². The fraction of sp³-hybridized carbons (Fsp3) is 0.250. The van der Waals surface area contributed by atoms with Gasteiger partial charge in [-0.1, -0.05) is 12.1 Å². The van der Waals surface area contributed by atoms with E-state index in [1.54, 1.807) is 18.2 Å². The van der Waals surface area contributed by atoms with Gasteiger partial charge in [0.25, 0.3) is 0 Å². The fourth-order valence-corrected chi connectivity index (χ4v) is 1.21. The highest BCUT2D eigenvalue weighted by Gasteiger charge is 2.13. The lowest BCUT2D eigenvalue weighted by atomic mass is 10.2. The van der Waals surface area contributed by atoms with Crippen molar-refractivity contribution in [1.29, 1.82) is 0 Å². The Bertz CT molecular complexity index is 345. The monoisotopic (exact) mass is 218 g/mol. The Morgan fingerprint density at radius 2 is 2.07 bits per heavy atom. The molecule has 6 heteroatoms. The lowest BCUT2D eigenvalue weighted by Crippen LogP contribution is -1.98. The molecule has 14 heavy (non-hydrogen) atoms. The molecule has 0 saturated heterocycles. The number of aliphatic hydroxyl groups is 1. The Morgan fingerprint density at radius 1 is 1.36 bits per heavy atom. The van der Waals surface area contributed by atoms with Crippen molar-refractivity contribution in [2.75, 3.05) is 6.35 Å². The van der Waals surface area contributed by atoms with Crippen molar-refractivity contribution >= 4 is 7.60 Å². The molecule has 78 valence electrons. The molecule has 0 fully saturated rings. The van der Waals surface area contributed by atoms with Crippen molar-refractivity contribution in [3.63, 3.8) is 0 Å². The number of benzene rings is 1. The van der Waals surface area contributed by atoms with E-state index in [9.17, 15) is 4.57 Å². The first-order chi connectivity index (χ1) is 6.51. The summed E-state index contributed by atoms with van der Waals surface area (Å²) >= 11 is 0. The van der Waals surface area contributed by atoms with E-state index >= 15 is 0 Å². The van der Waals surface area contributed by atoms with Gasteiger partial charge in [-0.3, -0.25) is 4.57 Å². The average Bonchev–Trinajstić information content (AvgIpc) is 2.14. The fourth-order valence-electron chi connectivity index (χ4n) is 0.892. The van der Waals surface area contributed by atoms with Gasteiger partial charge in [0.05, 0.1) is 6.61 Å². The lowest BCUT2D eigenvalue weighted by molar-refractivity contribution is 0.279. The largest absolute Gasteiger partial charge is 0.481 e. The van der Waals surface area contributed by atoms with Crippen LogP contribution in [-0.4, -0.2) is 21.2 Å². The zero-order chi connectivity index (χ0) is 10.6. The number of ether oxygens (including phenoxy) is 1. The van der Waals surface area contributed by atoms with E-state index in [2.05, 4.69) is 0 Å².